The molecule has 1 N–H and O–H groups in total. The van der Waals surface area contributed by atoms with Crippen LogP contribution in [0.25, 0.3) is 4.98 Å². The van der Waals surface area contributed by atoms with Crippen molar-refractivity contribution < 1.29 is 30.7 Å². The fourth-order valence-electron chi connectivity index (χ4n) is 0.717. The van der Waals surface area contributed by atoms with Crippen molar-refractivity contribution in [3.63, 3.8) is 0 Å². The van der Waals surface area contributed by atoms with Crippen molar-refractivity contribution in [3.8, 4) is 0 Å². The Labute approximate surface area is 93.9 Å². The van der Waals surface area contributed by atoms with Gasteiger partial charge in [0.1, 0.15) is 0 Å². The summed E-state index contributed by atoms with van der Waals surface area (Å²) in [7, 11) is -4.92. The SMILES string of the molecule is N#[N+]c1ccc(C(F)(F)F)cc1.O=S(=O)([O-])O. The van der Waals surface area contributed by atoms with Gasteiger partial charge in [-0.2, -0.15) is 13.2 Å². The number of rotatable bonds is 0. The fourth-order valence-corrected chi connectivity index (χ4v) is 0.717. The molecule has 0 amide bonds. The highest BCUT2D eigenvalue weighted by Crippen LogP contribution is 2.30. The quantitative estimate of drug-likeness (QED) is 0.442. The summed E-state index contributed by atoms with van der Waals surface area (Å²) < 4.78 is 68.6. The lowest BCUT2D eigenvalue weighted by atomic mass is 10.2. The lowest BCUT2D eigenvalue weighted by Crippen LogP contribution is -2.03. The molecule has 0 bridgehead atoms. The van der Waals surface area contributed by atoms with Crippen LogP contribution in [0, 0.1) is 5.39 Å². The lowest BCUT2D eigenvalue weighted by Gasteiger charge is -2.03. The third-order valence-corrected chi connectivity index (χ3v) is 1.31. The molecule has 0 aliphatic rings. The van der Waals surface area contributed by atoms with Gasteiger partial charge in [0.15, 0.2) is 4.98 Å². The molecular formula is C7H5F3N2O4S. The maximum absolute atomic E-state index is 11.9. The molecule has 1 aromatic carbocycles. The molecule has 0 unspecified atom stereocenters. The molecule has 0 fully saturated rings. The van der Waals surface area contributed by atoms with Crippen molar-refractivity contribution in [2.24, 2.45) is 0 Å². The highest BCUT2D eigenvalue weighted by atomic mass is 32.3. The molecule has 0 aromatic heterocycles. The van der Waals surface area contributed by atoms with E-state index in [1.54, 1.807) is 0 Å². The van der Waals surface area contributed by atoms with Gasteiger partial charge < -0.3 is 4.55 Å². The van der Waals surface area contributed by atoms with Crippen LogP contribution in [0.5, 0.6) is 0 Å². The smallest absolute Gasteiger partial charge is 0.416 e. The minimum atomic E-state index is -4.92. The maximum atomic E-state index is 11.9. The number of benzene rings is 1. The van der Waals surface area contributed by atoms with Crippen LogP contribution in [-0.2, 0) is 16.6 Å². The van der Waals surface area contributed by atoms with E-state index in [1.807, 2.05) is 0 Å². The van der Waals surface area contributed by atoms with E-state index in [4.69, 9.17) is 22.9 Å². The van der Waals surface area contributed by atoms with Crippen LogP contribution in [-0.4, -0.2) is 17.5 Å². The molecule has 0 saturated heterocycles. The third kappa shape index (κ3) is 8.14. The van der Waals surface area contributed by atoms with Crippen molar-refractivity contribution in [1.29, 1.82) is 5.39 Å². The lowest BCUT2D eigenvalue weighted by molar-refractivity contribution is -0.137. The van der Waals surface area contributed by atoms with Crippen LogP contribution >= 0.6 is 0 Å². The van der Waals surface area contributed by atoms with E-state index in [9.17, 15) is 13.2 Å². The molecule has 10 heteroatoms. The molecule has 1 rings (SSSR count). The Morgan fingerprint density at radius 3 is 1.82 bits per heavy atom. The van der Waals surface area contributed by atoms with E-state index in [1.165, 1.54) is 0 Å². The van der Waals surface area contributed by atoms with Crippen molar-refractivity contribution in [3.05, 3.63) is 34.8 Å². The normalized spacial score (nSPS) is 11.1. The van der Waals surface area contributed by atoms with E-state index in [-0.39, 0.29) is 5.69 Å². The first-order valence-electron chi connectivity index (χ1n) is 3.74. The van der Waals surface area contributed by atoms with Crippen molar-refractivity contribution in [2.75, 3.05) is 0 Å². The summed E-state index contributed by atoms with van der Waals surface area (Å²) in [4.78, 5) is 2.73. The van der Waals surface area contributed by atoms with Gasteiger partial charge in [-0.1, -0.05) is 0 Å². The van der Waals surface area contributed by atoms with E-state index >= 15 is 0 Å². The predicted molar refractivity (Wildman–Crippen MR) is 48.5 cm³/mol. The Bertz CT molecular complexity index is 495. The molecule has 94 valence electrons. The minimum Gasteiger partial charge on any atom is -0.726 e. The Morgan fingerprint density at radius 1 is 1.24 bits per heavy atom. The van der Waals surface area contributed by atoms with Gasteiger partial charge in [0, 0.05) is 12.1 Å². The number of hydrogen-bond acceptors (Lipinski definition) is 4. The topological polar surface area (TPSA) is 106 Å². The monoisotopic (exact) mass is 270 g/mol. The second-order valence-electron chi connectivity index (χ2n) is 2.57. The summed E-state index contributed by atoms with van der Waals surface area (Å²) in [6.07, 6.45) is -4.34. The minimum absolute atomic E-state index is 0.100. The van der Waals surface area contributed by atoms with Gasteiger partial charge in [0.25, 0.3) is 0 Å². The molecule has 0 heterocycles. The molecule has 0 radical (unpaired) electrons. The van der Waals surface area contributed by atoms with Crippen molar-refractivity contribution in [1.82, 2.24) is 0 Å². The van der Waals surface area contributed by atoms with Crippen LogP contribution in [0.4, 0.5) is 18.9 Å². The van der Waals surface area contributed by atoms with Crippen LogP contribution in [0.1, 0.15) is 5.56 Å². The first-order chi connectivity index (χ1) is 7.54. The zero-order valence-corrected chi connectivity index (χ0v) is 8.73. The Balaban J connectivity index is 0.000000437. The van der Waals surface area contributed by atoms with Crippen molar-refractivity contribution in [2.45, 2.75) is 6.18 Å². The Kier molecular flexibility index (Phi) is 5.02. The first-order valence-corrected chi connectivity index (χ1v) is 5.11. The molecule has 1 aromatic rings. The largest absolute Gasteiger partial charge is 0.726 e. The summed E-state index contributed by atoms with van der Waals surface area (Å²) in [5.74, 6) is 0. The number of nitrogens with zero attached hydrogens (tertiary/aromatic N) is 2. The third-order valence-electron chi connectivity index (χ3n) is 1.31. The Hall–Kier alpha value is -1.70. The van der Waals surface area contributed by atoms with Crippen molar-refractivity contribution >= 4 is 16.1 Å². The molecule has 17 heavy (non-hydrogen) atoms. The molecule has 0 saturated carbocycles. The standard InChI is InChI=1S/C7H4F3N2.H2O4S/c8-7(9,10)5-1-3-6(12-11)4-2-5;1-5(2,3)4/h1-4H;(H2,1,2,3,4)/q+1;/p-1. The number of halogens is 3. The summed E-state index contributed by atoms with van der Waals surface area (Å²) >= 11 is 0. The number of hydrogen-bond donors (Lipinski definition) is 1. The highest BCUT2D eigenvalue weighted by molar-refractivity contribution is 7.79. The van der Waals surface area contributed by atoms with Gasteiger partial charge in [-0.25, -0.2) is 8.42 Å². The fraction of sp³-hybridized carbons (Fsp3) is 0.143. The van der Waals surface area contributed by atoms with E-state index < -0.39 is 22.1 Å². The average molecular weight is 270 g/mol. The number of alkyl halides is 3. The molecular weight excluding hydrogens is 265 g/mol. The van der Waals surface area contributed by atoms with E-state index in [2.05, 4.69) is 4.98 Å². The molecule has 6 nitrogen and oxygen atoms in total. The summed E-state index contributed by atoms with van der Waals surface area (Å²) in [6.45, 7) is 0. The van der Waals surface area contributed by atoms with Gasteiger partial charge in [-0.15, -0.1) is 0 Å². The van der Waals surface area contributed by atoms with E-state index in [0.717, 1.165) is 24.3 Å². The van der Waals surface area contributed by atoms with Crippen LogP contribution in [0.3, 0.4) is 0 Å². The summed E-state index contributed by atoms with van der Waals surface area (Å²) in [6, 6.07) is 3.88. The van der Waals surface area contributed by atoms with Gasteiger partial charge in [-0.05, 0) is 12.1 Å². The number of diazo groups is 1. The van der Waals surface area contributed by atoms with Gasteiger partial charge in [0.05, 0.1) is 5.56 Å². The molecule has 0 aliphatic heterocycles. The summed E-state index contributed by atoms with van der Waals surface area (Å²) in [5, 5.41) is 8.18. The zero-order chi connectivity index (χ0) is 13.7. The Morgan fingerprint density at radius 2 is 1.59 bits per heavy atom. The predicted octanol–water partition coefficient (Wildman–Crippen LogP) is 2.19. The molecule has 0 aliphatic carbocycles. The highest BCUT2D eigenvalue weighted by Gasteiger charge is 2.30. The van der Waals surface area contributed by atoms with Crippen LogP contribution in [0.15, 0.2) is 24.3 Å². The maximum Gasteiger partial charge on any atom is 0.416 e. The zero-order valence-electron chi connectivity index (χ0n) is 7.92. The van der Waals surface area contributed by atoms with Gasteiger partial charge in [-0.3, -0.25) is 4.55 Å². The molecule has 0 spiro atoms. The van der Waals surface area contributed by atoms with Crippen LogP contribution in [0.2, 0.25) is 0 Å². The van der Waals surface area contributed by atoms with E-state index in [0.29, 0.717) is 0 Å². The molecule has 0 atom stereocenters. The first kappa shape index (κ1) is 15.3. The van der Waals surface area contributed by atoms with Crippen LogP contribution < -0.4 is 0 Å². The van der Waals surface area contributed by atoms with Gasteiger partial charge >= 0.3 is 11.9 Å². The average Bonchev–Trinajstić information content (AvgIpc) is 2.14. The second-order valence-corrected chi connectivity index (χ2v) is 3.43. The second kappa shape index (κ2) is 5.58. The van der Waals surface area contributed by atoms with Gasteiger partial charge in [0.2, 0.25) is 15.8 Å². The summed E-state index contributed by atoms with van der Waals surface area (Å²) in [5.41, 5.74) is -0.655.